The van der Waals surface area contributed by atoms with E-state index in [1.54, 1.807) is 6.26 Å². The van der Waals surface area contributed by atoms with Gasteiger partial charge in [0.1, 0.15) is 0 Å². The minimum Gasteiger partial charge on any atom is -0.461 e. The third-order valence-corrected chi connectivity index (χ3v) is 4.36. The molecule has 6 nitrogen and oxygen atoms in total. The first kappa shape index (κ1) is 14.8. The Hall–Kier alpha value is -2.76. The molecule has 1 saturated heterocycles. The highest BCUT2D eigenvalue weighted by Gasteiger charge is 2.18. The van der Waals surface area contributed by atoms with Crippen molar-refractivity contribution in [3.05, 3.63) is 30.5 Å². The lowest BCUT2D eigenvalue weighted by molar-refractivity contribution is -0.114. The first-order chi connectivity index (χ1) is 11.7. The maximum atomic E-state index is 11.6. The Labute approximate surface area is 139 Å². The average Bonchev–Trinajstić information content (AvgIpc) is 3.23. The summed E-state index contributed by atoms with van der Waals surface area (Å²) in [5.41, 5.74) is 3.61. The van der Waals surface area contributed by atoms with Gasteiger partial charge in [0.05, 0.1) is 28.7 Å². The molecule has 1 aromatic carbocycles. The molecule has 2 aromatic heterocycles. The first-order valence-electron chi connectivity index (χ1n) is 8.31. The van der Waals surface area contributed by atoms with Gasteiger partial charge < -0.3 is 19.6 Å². The average molecular weight is 324 g/mol. The maximum Gasteiger partial charge on any atom is 0.221 e. The minimum atomic E-state index is -0.0709. The van der Waals surface area contributed by atoms with Crippen LogP contribution < -0.4 is 10.2 Å². The molecule has 0 aliphatic carbocycles. The van der Waals surface area contributed by atoms with Crippen LogP contribution in [-0.2, 0) is 4.79 Å². The molecule has 124 valence electrons. The number of H-pyrrole nitrogens is 1. The summed E-state index contributed by atoms with van der Waals surface area (Å²) < 4.78 is 5.42. The number of hydrogen-bond acceptors (Lipinski definition) is 4. The van der Waals surface area contributed by atoms with E-state index >= 15 is 0 Å². The fraction of sp³-hybridized carbons (Fsp3) is 0.333. The number of imidazole rings is 1. The summed E-state index contributed by atoms with van der Waals surface area (Å²) in [6.45, 7) is 3.55. The summed E-state index contributed by atoms with van der Waals surface area (Å²) in [5.74, 6) is 1.32. The Kier molecular flexibility index (Phi) is 3.72. The van der Waals surface area contributed by atoms with Crippen molar-refractivity contribution < 1.29 is 9.21 Å². The van der Waals surface area contributed by atoms with E-state index in [4.69, 9.17) is 4.42 Å². The third-order valence-electron chi connectivity index (χ3n) is 4.36. The highest BCUT2D eigenvalue weighted by molar-refractivity contribution is 5.98. The van der Waals surface area contributed by atoms with Gasteiger partial charge in [-0.05, 0) is 43.5 Å². The van der Waals surface area contributed by atoms with Gasteiger partial charge in [0.15, 0.2) is 11.6 Å². The fourth-order valence-electron chi connectivity index (χ4n) is 3.26. The minimum absolute atomic E-state index is 0.0709. The van der Waals surface area contributed by atoms with Gasteiger partial charge in [0, 0.05) is 20.0 Å². The van der Waals surface area contributed by atoms with Crippen LogP contribution in [0, 0.1) is 0 Å². The van der Waals surface area contributed by atoms with Gasteiger partial charge in [0.2, 0.25) is 5.91 Å². The quantitative estimate of drug-likeness (QED) is 0.769. The van der Waals surface area contributed by atoms with Crippen LogP contribution in [0.25, 0.3) is 22.6 Å². The van der Waals surface area contributed by atoms with E-state index in [9.17, 15) is 4.79 Å². The number of anilines is 2. The molecule has 0 radical (unpaired) electrons. The van der Waals surface area contributed by atoms with E-state index in [-0.39, 0.29) is 5.91 Å². The molecule has 0 saturated carbocycles. The largest absolute Gasteiger partial charge is 0.461 e. The number of amides is 1. The summed E-state index contributed by atoms with van der Waals surface area (Å²) in [7, 11) is 0. The number of carbonyl (C=O) groups excluding carboxylic acids is 1. The van der Waals surface area contributed by atoms with Crippen molar-refractivity contribution in [2.75, 3.05) is 23.3 Å². The van der Waals surface area contributed by atoms with Gasteiger partial charge in [-0.3, -0.25) is 4.79 Å². The summed E-state index contributed by atoms with van der Waals surface area (Å²) >= 11 is 0. The lowest BCUT2D eigenvalue weighted by Crippen LogP contribution is -2.30. The van der Waals surface area contributed by atoms with Gasteiger partial charge in [-0.2, -0.15) is 0 Å². The van der Waals surface area contributed by atoms with Crippen LogP contribution in [0.15, 0.2) is 34.9 Å². The Balaban J connectivity index is 1.80. The predicted octanol–water partition coefficient (Wildman–Crippen LogP) is 3.77. The summed E-state index contributed by atoms with van der Waals surface area (Å²) in [5, 5.41) is 2.96. The maximum absolute atomic E-state index is 11.6. The Morgan fingerprint density at radius 3 is 2.83 bits per heavy atom. The van der Waals surface area contributed by atoms with Crippen molar-refractivity contribution in [2.24, 2.45) is 0 Å². The van der Waals surface area contributed by atoms with Gasteiger partial charge in [-0.25, -0.2) is 4.98 Å². The van der Waals surface area contributed by atoms with E-state index in [0.717, 1.165) is 35.5 Å². The number of nitrogens with one attached hydrogen (secondary N) is 2. The monoisotopic (exact) mass is 324 g/mol. The number of hydrogen-bond donors (Lipinski definition) is 2. The fourth-order valence-corrected chi connectivity index (χ4v) is 3.26. The number of aromatic nitrogens is 2. The zero-order valence-corrected chi connectivity index (χ0v) is 13.6. The number of nitrogens with zero attached hydrogens (tertiary/aromatic N) is 2. The summed E-state index contributed by atoms with van der Waals surface area (Å²) in [6.07, 6.45) is 5.25. The second-order valence-corrected chi connectivity index (χ2v) is 6.18. The van der Waals surface area contributed by atoms with Crippen molar-refractivity contribution in [3.8, 4) is 11.6 Å². The van der Waals surface area contributed by atoms with E-state index in [2.05, 4.69) is 26.3 Å². The van der Waals surface area contributed by atoms with Crippen LogP contribution in [0.4, 0.5) is 11.4 Å². The molecule has 1 fully saturated rings. The lowest BCUT2D eigenvalue weighted by atomic mass is 10.1. The first-order valence-corrected chi connectivity index (χ1v) is 8.31. The SMILES string of the molecule is CC(=O)Nc1cc2[nH]c(-c3ccco3)nc2cc1N1CCCCC1. The molecule has 1 aliphatic rings. The van der Waals surface area contributed by atoms with Gasteiger partial charge in [-0.15, -0.1) is 0 Å². The summed E-state index contributed by atoms with van der Waals surface area (Å²) in [4.78, 5) is 21.8. The number of fused-ring (bicyclic) bond motifs is 1. The molecule has 3 aromatic rings. The van der Waals surface area contributed by atoms with Crippen molar-refractivity contribution in [1.82, 2.24) is 9.97 Å². The van der Waals surface area contributed by atoms with Crippen LogP contribution in [0.5, 0.6) is 0 Å². The lowest BCUT2D eigenvalue weighted by Gasteiger charge is -2.30. The zero-order valence-electron chi connectivity index (χ0n) is 13.6. The van der Waals surface area contributed by atoms with Crippen molar-refractivity contribution in [1.29, 1.82) is 0 Å². The van der Waals surface area contributed by atoms with Crippen LogP contribution in [0.3, 0.4) is 0 Å². The Morgan fingerprint density at radius 2 is 2.12 bits per heavy atom. The second-order valence-electron chi connectivity index (χ2n) is 6.18. The molecule has 0 unspecified atom stereocenters. The Bertz CT molecular complexity index is 861. The van der Waals surface area contributed by atoms with Crippen molar-refractivity contribution >= 4 is 28.3 Å². The standard InChI is InChI=1S/C18H20N4O2/c1-12(23)19-15-10-13-14(11-16(15)22-7-3-2-4-8-22)21-18(20-13)17-6-5-9-24-17/h5-6,9-11H,2-4,7-8H2,1H3,(H,19,23)(H,20,21). The molecule has 0 spiro atoms. The molecule has 24 heavy (non-hydrogen) atoms. The molecule has 4 rings (SSSR count). The third kappa shape index (κ3) is 2.75. The molecule has 0 bridgehead atoms. The number of rotatable bonds is 3. The van der Waals surface area contributed by atoms with Gasteiger partial charge in [0.25, 0.3) is 0 Å². The topological polar surface area (TPSA) is 74.2 Å². The van der Waals surface area contributed by atoms with Gasteiger partial charge >= 0.3 is 0 Å². The molecule has 2 N–H and O–H groups in total. The molecular formula is C18H20N4O2. The molecule has 6 heteroatoms. The number of benzene rings is 1. The molecular weight excluding hydrogens is 304 g/mol. The second kappa shape index (κ2) is 6.03. The van der Waals surface area contributed by atoms with E-state index in [1.165, 1.54) is 26.2 Å². The van der Waals surface area contributed by atoms with Crippen LogP contribution >= 0.6 is 0 Å². The van der Waals surface area contributed by atoms with Crippen LogP contribution in [-0.4, -0.2) is 29.0 Å². The van der Waals surface area contributed by atoms with Gasteiger partial charge in [-0.1, -0.05) is 0 Å². The smallest absolute Gasteiger partial charge is 0.221 e. The number of carbonyl (C=O) groups is 1. The van der Waals surface area contributed by atoms with Crippen LogP contribution in [0.1, 0.15) is 26.2 Å². The van der Waals surface area contributed by atoms with E-state index in [1.807, 2.05) is 18.2 Å². The van der Waals surface area contributed by atoms with Crippen molar-refractivity contribution in [3.63, 3.8) is 0 Å². The van der Waals surface area contributed by atoms with E-state index < -0.39 is 0 Å². The number of furan rings is 1. The number of piperidine rings is 1. The predicted molar refractivity (Wildman–Crippen MR) is 94.2 cm³/mol. The summed E-state index contributed by atoms with van der Waals surface area (Å²) in [6, 6.07) is 7.72. The highest BCUT2D eigenvalue weighted by Crippen LogP contribution is 2.33. The zero-order chi connectivity index (χ0) is 16.5. The highest BCUT2D eigenvalue weighted by atomic mass is 16.3. The molecule has 3 heterocycles. The van der Waals surface area contributed by atoms with Crippen LogP contribution in [0.2, 0.25) is 0 Å². The molecule has 1 amide bonds. The van der Waals surface area contributed by atoms with Crippen molar-refractivity contribution in [2.45, 2.75) is 26.2 Å². The van der Waals surface area contributed by atoms with E-state index in [0.29, 0.717) is 11.6 Å². The Morgan fingerprint density at radius 1 is 1.29 bits per heavy atom. The normalized spacial score (nSPS) is 15.0. The molecule has 0 atom stereocenters. The molecule has 1 aliphatic heterocycles. The number of aromatic amines is 1.